The highest BCUT2D eigenvalue weighted by Crippen LogP contribution is 2.20. The van der Waals surface area contributed by atoms with Gasteiger partial charge in [-0.1, -0.05) is 61.4 Å². The highest BCUT2D eigenvalue weighted by atomic mass is 16.2. The Morgan fingerprint density at radius 1 is 0.671 bits per heavy atom. The molecule has 3 aromatic rings. The number of nitrogens with two attached hydrogens (primary N) is 6. The van der Waals surface area contributed by atoms with Gasteiger partial charge >= 0.3 is 0 Å². The van der Waals surface area contributed by atoms with Gasteiger partial charge in [0.1, 0.15) is 42.3 Å². The maximum absolute atomic E-state index is 14.6. The number of hydrogen-bond acceptors (Lipinski definition) is 12. The fourth-order valence-electron chi connectivity index (χ4n) is 8.25. The van der Waals surface area contributed by atoms with Crippen molar-refractivity contribution in [1.82, 2.24) is 47.5 Å². The molecule has 1 aliphatic rings. The summed E-state index contributed by atoms with van der Waals surface area (Å²) in [5.74, 6) is -9.31. The quantitative estimate of drug-likeness (QED) is 0.0328. The number of carbonyl (C=O) groups excluding carboxylic acids is 10. The van der Waals surface area contributed by atoms with Crippen LogP contribution < -0.4 is 76.9 Å². The molecule has 76 heavy (non-hydrogen) atoms. The number of aromatic amines is 1. The molecule has 2 aromatic carbocycles. The van der Waals surface area contributed by atoms with Crippen molar-refractivity contribution in [3.05, 3.63) is 71.9 Å². The van der Waals surface area contributed by atoms with Crippen molar-refractivity contribution >= 4 is 81.9 Å². The maximum atomic E-state index is 14.6. The minimum atomic E-state index is -1.80. The van der Waals surface area contributed by atoms with Gasteiger partial charge in [0, 0.05) is 56.5 Å². The van der Waals surface area contributed by atoms with Crippen molar-refractivity contribution < 1.29 is 47.9 Å². The Labute approximate surface area is 438 Å². The van der Waals surface area contributed by atoms with E-state index in [0.29, 0.717) is 30.4 Å². The molecule has 27 nitrogen and oxygen atoms in total. The topological polar surface area (TPSA) is 464 Å². The van der Waals surface area contributed by atoms with Gasteiger partial charge in [0.15, 0.2) is 11.9 Å². The van der Waals surface area contributed by atoms with Crippen molar-refractivity contribution in [2.24, 2.45) is 44.4 Å². The molecule has 412 valence electrons. The SMILES string of the molecule is CC(=O)N[C@@H](CCCN=C(N)N)C(=O)N[C@H]1CC(=O)NCCCCC[C@@H](C(N)=O)NC(=O)[C@H](Cc2c[nH]c3ccccc23)NC(=O)[C@H](CCCN=C(N)N)NC(=O)[C@@H](Cc2ccccc2)NC(=O)[C@H](CC(N)=O)NC1=O. The van der Waals surface area contributed by atoms with Crippen LogP contribution in [-0.2, 0) is 60.8 Å². The number of amides is 10. The molecule has 0 bridgehead atoms. The molecule has 2 heterocycles. The molecule has 1 aromatic heterocycles. The molecule has 4 rings (SSSR count). The highest BCUT2D eigenvalue weighted by Gasteiger charge is 2.35. The molecule has 1 fully saturated rings. The van der Waals surface area contributed by atoms with Crippen LogP contribution in [0.3, 0.4) is 0 Å². The first-order valence-electron chi connectivity index (χ1n) is 24.8. The normalized spacial score (nSPS) is 21.1. The van der Waals surface area contributed by atoms with E-state index in [1.54, 1.807) is 42.6 Å². The number of hydrogen-bond donors (Lipinski definition) is 15. The van der Waals surface area contributed by atoms with Gasteiger partial charge in [-0.3, -0.25) is 57.9 Å². The van der Waals surface area contributed by atoms with Crippen LogP contribution in [0, 0.1) is 0 Å². The predicted molar refractivity (Wildman–Crippen MR) is 280 cm³/mol. The van der Waals surface area contributed by atoms with Crippen LogP contribution in [-0.4, -0.2) is 138 Å². The summed E-state index contributed by atoms with van der Waals surface area (Å²) >= 11 is 0. The van der Waals surface area contributed by atoms with E-state index < -0.39 is 114 Å². The molecule has 10 amide bonds. The van der Waals surface area contributed by atoms with Gasteiger partial charge in [-0.2, -0.15) is 0 Å². The largest absolute Gasteiger partial charge is 0.370 e. The number of benzene rings is 2. The van der Waals surface area contributed by atoms with Crippen LogP contribution in [0.15, 0.2) is 70.8 Å². The number of aliphatic imine (C=N–C) groups is 2. The van der Waals surface area contributed by atoms with E-state index in [-0.39, 0.29) is 76.5 Å². The van der Waals surface area contributed by atoms with Crippen LogP contribution in [0.25, 0.3) is 10.9 Å². The van der Waals surface area contributed by atoms with Crippen LogP contribution in [0.1, 0.15) is 82.3 Å². The zero-order valence-electron chi connectivity index (χ0n) is 42.4. The van der Waals surface area contributed by atoms with Gasteiger partial charge in [0.2, 0.25) is 59.1 Å². The lowest BCUT2D eigenvalue weighted by Crippen LogP contribution is -2.61. The Kier molecular flexibility index (Phi) is 23.9. The van der Waals surface area contributed by atoms with Crippen molar-refractivity contribution in [1.29, 1.82) is 0 Å². The van der Waals surface area contributed by atoms with Gasteiger partial charge in [-0.15, -0.1) is 0 Å². The second-order valence-electron chi connectivity index (χ2n) is 18.2. The number of nitrogens with one attached hydrogen (secondary N) is 9. The molecule has 1 aliphatic heterocycles. The maximum Gasteiger partial charge on any atom is 0.243 e. The van der Waals surface area contributed by atoms with Gasteiger partial charge in [-0.05, 0) is 55.7 Å². The van der Waals surface area contributed by atoms with Crippen molar-refractivity contribution in [3.8, 4) is 0 Å². The average Bonchev–Trinajstić information content (AvgIpc) is 3.77. The molecular weight excluding hydrogens is 987 g/mol. The van der Waals surface area contributed by atoms with Crippen molar-refractivity contribution in [3.63, 3.8) is 0 Å². The molecule has 7 atom stereocenters. The van der Waals surface area contributed by atoms with Crippen molar-refractivity contribution in [2.75, 3.05) is 19.6 Å². The van der Waals surface area contributed by atoms with E-state index in [9.17, 15) is 47.9 Å². The summed E-state index contributed by atoms with van der Waals surface area (Å²) in [6.07, 6.45) is 1.23. The summed E-state index contributed by atoms with van der Waals surface area (Å²) in [5.41, 5.74) is 35.2. The van der Waals surface area contributed by atoms with E-state index >= 15 is 0 Å². The lowest BCUT2D eigenvalue weighted by atomic mass is 10.0. The molecular formula is C49H71N17O10. The number of rotatable bonds is 18. The summed E-state index contributed by atoms with van der Waals surface area (Å²) in [7, 11) is 0. The third-order valence-corrected chi connectivity index (χ3v) is 12.1. The highest BCUT2D eigenvalue weighted by molar-refractivity contribution is 6.00. The summed E-state index contributed by atoms with van der Waals surface area (Å²) in [6.45, 7) is 1.33. The monoisotopic (exact) mass is 1060 g/mol. The molecule has 0 unspecified atom stereocenters. The summed E-state index contributed by atoms with van der Waals surface area (Å²) in [4.78, 5) is 148. The Balaban J connectivity index is 1.76. The number of guanidine groups is 2. The van der Waals surface area contributed by atoms with Crippen molar-refractivity contribution in [2.45, 2.75) is 126 Å². The van der Waals surface area contributed by atoms with Crippen LogP contribution in [0.2, 0.25) is 0 Å². The van der Waals surface area contributed by atoms with Gasteiger partial charge in [-0.25, -0.2) is 0 Å². The molecule has 0 saturated carbocycles. The summed E-state index contributed by atoms with van der Waals surface area (Å²) < 4.78 is 0. The smallest absolute Gasteiger partial charge is 0.243 e. The van der Waals surface area contributed by atoms with E-state index in [4.69, 9.17) is 34.4 Å². The van der Waals surface area contributed by atoms with E-state index in [0.717, 1.165) is 17.8 Å². The predicted octanol–water partition coefficient (Wildman–Crippen LogP) is -4.09. The second kappa shape index (κ2) is 30.4. The Bertz CT molecular complexity index is 2580. The molecule has 0 aliphatic carbocycles. The average molecular weight is 1060 g/mol. The first-order valence-corrected chi connectivity index (χ1v) is 24.8. The summed E-state index contributed by atoms with van der Waals surface area (Å²) in [6, 6.07) is 5.41. The number of aromatic nitrogens is 1. The van der Waals surface area contributed by atoms with Gasteiger partial charge < -0.3 is 81.9 Å². The molecule has 0 radical (unpaired) electrons. The Morgan fingerprint density at radius 2 is 1.26 bits per heavy atom. The van der Waals surface area contributed by atoms with Crippen LogP contribution in [0.4, 0.5) is 0 Å². The standard InChI is InChI=1S/C49H71N17O10/c1-27(67)60-33(17-10-20-57-48(52)53)42(71)66-38-25-40(69)56-19-9-3-6-16-32(41(51)70)61-45(74)36(23-29-26-59-31-15-8-7-14-30(29)31)64-43(72)34(18-11-21-58-49(54)55)62-44(73)35(22-28-12-4-2-5-13-28)63-46(75)37(24-39(50)68)65-47(38)76/h2,4-5,7-8,12-15,26,32-38,59H,3,6,9-11,16-25H2,1H3,(H2,50,68)(H2,51,70)(H,56,69)(H,60,67)(H,61,74)(H,62,73)(H,63,75)(H,64,72)(H,65,76)(H,66,71)(H4,52,53,57)(H4,54,55,58)/t32-,33-,34-,35+,36-,37-,38-/m0/s1. The third kappa shape index (κ3) is 20.6. The minimum absolute atomic E-state index is 0.00896. The molecule has 1 saturated heterocycles. The number of para-hydroxylation sites is 1. The molecule has 0 spiro atoms. The lowest BCUT2D eigenvalue weighted by Gasteiger charge is -2.28. The fourth-order valence-corrected chi connectivity index (χ4v) is 8.25. The zero-order valence-corrected chi connectivity index (χ0v) is 42.4. The number of primary amides is 2. The van der Waals surface area contributed by atoms with Crippen LogP contribution >= 0.6 is 0 Å². The third-order valence-electron chi connectivity index (χ3n) is 12.1. The van der Waals surface area contributed by atoms with E-state index in [2.05, 4.69) is 57.5 Å². The van der Waals surface area contributed by atoms with E-state index in [1.165, 1.54) is 0 Å². The van der Waals surface area contributed by atoms with Gasteiger partial charge in [0.25, 0.3) is 0 Å². The summed E-state index contributed by atoms with van der Waals surface area (Å²) in [5, 5.41) is 21.4. The van der Waals surface area contributed by atoms with Gasteiger partial charge in [0.05, 0.1) is 12.8 Å². The second-order valence-corrected chi connectivity index (χ2v) is 18.2. The number of carbonyl (C=O) groups is 10. The minimum Gasteiger partial charge on any atom is -0.370 e. The Hall–Kier alpha value is -8.78. The van der Waals surface area contributed by atoms with E-state index in [1.807, 2.05) is 18.2 Å². The lowest BCUT2D eigenvalue weighted by molar-refractivity contribution is -0.137. The number of fused-ring (bicyclic) bond motifs is 1. The zero-order chi connectivity index (χ0) is 55.7. The molecule has 21 N–H and O–H groups in total. The fraction of sp³-hybridized carbons (Fsp3) is 0.469. The number of H-pyrrole nitrogens is 1. The first kappa shape index (κ1) is 59.8. The van der Waals surface area contributed by atoms with Crippen LogP contribution in [0.5, 0.6) is 0 Å². The molecule has 27 heteroatoms. The Morgan fingerprint density at radius 3 is 1.92 bits per heavy atom. The number of nitrogens with zero attached hydrogens (tertiary/aromatic N) is 2. The first-order chi connectivity index (χ1) is 36.2.